The molecule has 75 heavy (non-hydrogen) atoms. The highest BCUT2D eigenvalue weighted by Gasteiger charge is 2.27. The first-order valence-electron chi connectivity index (χ1n) is 25.7. The van der Waals surface area contributed by atoms with Crippen molar-refractivity contribution in [3.8, 4) is 67.8 Å². The van der Waals surface area contributed by atoms with Gasteiger partial charge in [-0.2, -0.15) is 0 Å². The number of nitrogens with zero attached hydrogens (tertiary/aromatic N) is 6. The molecular formula is C69H48N6. The largest absolute Gasteiger partial charge is 0.310 e. The molecule has 0 aliphatic heterocycles. The first-order valence-corrected chi connectivity index (χ1v) is 25.7. The van der Waals surface area contributed by atoms with E-state index in [4.69, 9.17) is 15.0 Å². The lowest BCUT2D eigenvalue weighted by molar-refractivity contribution is 0.967. The number of hydrogen-bond donors (Lipinski definition) is 0. The van der Waals surface area contributed by atoms with Gasteiger partial charge in [0.1, 0.15) is 0 Å². The number of anilines is 3. The van der Waals surface area contributed by atoms with E-state index in [9.17, 15) is 0 Å². The number of benzene rings is 10. The van der Waals surface area contributed by atoms with Crippen LogP contribution < -0.4 is 4.90 Å². The highest BCUT2D eigenvalue weighted by Crippen LogP contribution is 2.49. The van der Waals surface area contributed by atoms with Crippen LogP contribution in [0.4, 0.5) is 17.1 Å². The van der Waals surface area contributed by atoms with E-state index in [1.54, 1.807) is 0 Å². The Morgan fingerprint density at radius 2 is 0.813 bits per heavy atom. The molecule has 6 heteroatoms. The van der Waals surface area contributed by atoms with Crippen molar-refractivity contribution in [2.45, 2.75) is 12.8 Å². The molecule has 0 spiro atoms. The second-order valence-electron chi connectivity index (χ2n) is 19.1. The Labute approximate surface area is 435 Å². The average Bonchev–Trinajstić information content (AvgIpc) is 4.03. The predicted molar refractivity (Wildman–Crippen MR) is 310 cm³/mol. The van der Waals surface area contributed by atoms with Gasteiger partial charge in [-0.25, -0.2) is 15.0 Å². The van der Waals surface area contributed by atoms with Crippen molar-refractivity contribution in [3.63, 3.8) is 0 Å². The van der Waals surface area contributed by atoms with Gasteiger partial charge in [0.15, 0.2) is 17.5 Å². The van der Waals surface area contributed by atoms with E-state index in [0.29, 0.717) is 17.5 Å². The van der Waals surface area contributed by atoms with Gasteiger partial charge >= 0.3 is 0 Å². The summed E-state index contributed by atoms with van der Waals surface area (Å²) in [6.07, 6.45) is 6.66. The molecule has 1 aliphatic carbocycles. The average molecular weight is 961 g/mol. The van der Waals surface area contributed by atoms with Crippen LogP contribution in [0.2, 0.25) is 0 Å². The third-order valence-electron chi connectivity index (χ3n) is 14.6. The van der Waals surface area contributed by atoms with Gasteiger partial charge in [-0.3, -0.25) is 0 Å². The first-order chi connectivity index (χ1) is 37.2. The number of aryl methyl sites for hydroxylation is 1. The SMILES string of the molecule is C1=Cc2c(c3ccccc3n2-c2cccc(N(c3ccc(-n4c5ccccc5c5ccccc54)cc3)c3c(-c4ccccc4)cc(-c4nc(-c5ccccc5)nc(-c5ccccc5)n4)cc3-c3ccccc3)c2)CC1. The van der Waals surface area contributed by atoms with Crippen molar-refractivity contribution in [2.24, 2.45) is 0 Å². The normalized spacial score (nSPS) is 12.1. The summed E-state index contributed by atoms with van der Waals surface area (Å²) in [6.45, 7) is 0. The highest BCUT2D eigenvalue weighted by atomic mass is 15.2. The summed E-state index contributed by atoms with van der Waals surface area (Å²) in [5, 5.41) is 3.77. The van der Waals surface area contributed by atoms with Crippen molar-refractivity contribution >= 4 is 55.8 Å². The van der Waals surface area contributed by atoms with Gasteiger partial charge in [0.2, 0.25) is 0 Å². The summed E-state index contributed by atoms with van der Waals surface area (Å²) in [7, 11) is 0. The molecule has 0 saturated heterocycles. The van der Waals surface area contributed by atoms with Crippen LogP contribution in [0.25, 0.3) is 107 Å². The fraction of sp³-hybridized carbons (Fsp3) is 0.0290. The minimum atomic E-state index is 0.588. The zero-order chi connectivity index (χ0) is 49.7. The van der Waals surface area contributed by atoms with Crippen LogP contribution >= 0.6 is 0 Å². The smallest absolute Gasteiger partial charge is 0.164 e. The molecule has 0 radical (unpaired) electrons. The summed E-state index contributed by atoms with van der Waals surface area (Å²) < 4.78 is 4.83. The quantitative estimate of drug-likeness (QED) is 0.137. The lowest BCUT2D eigenvalue weighted by atomic mass is 9.91. The number of fused-ring (bicyclic) bond motifs is 6. The molecule has 0 fully saturated rings. The molecule has 0 unspecified atom stereocenters. The van der Waals surface area contributed by atoms with Crippen LogP contribution in [-0.4, -0.2) is 24.1 Å². The Hall–Kier alpha value is -9.91. The Kier molecular flexibility index (Phi) is 10.9. The van der Waals surface area contributed by atoms with E-state index < -0.39 is 0 Å². The van der Waals surface area contributed by atoms with Gasteiger partial charge in [0.25, 0.3) is 0 Å². The van der Waals surface area contributed by atoms with Crippen LogP contribution in [0.3, 0.4) is 0 Å². The Balaban J connectivity index is 1.04. The molecule has 0 bridgehead atoms. The van der Waals surface area contributed by atoms with Crippen molar-refractivity contribution < 1.29 is 0 Å². The molecule has 6 nitrogen and oxygen atoms in total. The molecule has 10 aromatic carbocycles. The van der Waals surface area contributed by atoms with Gasteiger partial charge in [0, 0.05) is 72.4 Å². The molecular weight excluding hydrogens is 913 g/mol. The van der Waals surface area contributed by atoms with Crippen molar-refractivity contribution in [1.82, 2.24) is 24.1 Å². The fourth-order valence-electron chi connectivity index (χ4n) is 11.2. The van der Waals surface area contributed by atoms with Gasteiger partial charge in [-0.15, -0.1) is 0 Å². The fourth-order valence-corrected chi connectivity index (χ4v) is 11.2. The molecule has 0 saturated carbocycles. The lowest BCUT2D eigenvalue weighted by Crippen LogP contribution is -2.14. The maximum absolute atomic E-state index is 5.29. The van der Waals surface area contributed by atoms with Gasteiger partial charge in [0.05, 0.1) is 22.2 Å². The van der Waals surface area contributed by atoms with Crippen molar-refractivity contribution in [1.29, 1.82) is 0 Å². The summed E-state index contributed by atoms with van der Waals surface area (Å²) in [6, 6.07) is 90.8. The maximum atomic E-state index is 5.29. The second kappa shape index (κ2) is 18.6. The molecule has 13 aromatic rings. The maximum Gasteiger partial charge on any atom is 0.164 e. The second-order valence-corrected chi connectivity index (χ2v) is 19.1. The molecule has 3 heterocycles. The molecule has 1 aliphatic rings. The number of allylic oxidation sites excluding steroid dienone is 1. The van der Waals surface area contributed by atoms with E-state index in [0.717, 1.165) is 80.2 Å². The number of rotatable bonds is 10. The predicted octanol–water partition coefficient (Wildman–Crippen LogP) is 17.7. The van der Waals surface area contributed by atoms with Gasteiger partial charge < -0.3 is 14.0 Å². The van der Waals surface area contributed by atoms with Crippen LogP contribution in [-0.2, 0) is 6.42 Å². The standard InChI is InChI=1S/C69H48N6/c1-5-22-47(23-6-1)60-44-51(69-71-67(49-26-9-3-10-27-49)70-68(72-69)50-28-11-4-12-29-50)45-61(48-24-7-2-8-25-48)66(60)73(52-40-42-53(43-41-52)74-62-36-17-13-32-56(62)57-33-14-18-37-63(57)74)54-30-21-31-55(46-54)75-64-38-19-15-34-58(64)59-35-16-20-39-65(59)75/h1-15,17-34,36-46H,16,35H2. The van der Waals surface area contributed by atoms with E-state index in [1.807, 2.05) is 36.4 Å². The minimum Gasteiger partial charge on any atom is -0.310 e. The molecule has 3 aromatic heterocycles. The van der Waals surface area contributed by atoms with Crippen molar-refractivity contribution in [3.05, 3.63) is 272 Å². The van der Waals surface area contributed by atoms with Gasteiger partial charge in [-0.1, -0.05) is 188 Å². The summed E-state index contributed by atoms with van der Waals surface area (Å²) in [5.74, 6) is 1.81. The Bertz CT molecular complexity index is 4100. The number of aromatic nitrogens is 5. The van der Waals surface area contributed by atoms with E-state index in [2.05, 4.69) is 245 Å². The van der Waals surface area contributed by atoms with E-state index in [1.165, 1.54) is 44.0 Å². The van der Waals surface area contributed by atoms with Crippen molar-refractivity contribution in [2.75, 3.05) is 4.90 Å². The third kappa shape index (κ3) is 7.79. The van der Waals surface area contributed by atoms with Crippen LogP contribution in [0.1, 0.15) is 17.7 Å². The topological polar surface area (TPSA) is 51.8 Å². The summed E-state index contributed by atoms with van der Waals surface area (Å²) in [4.78, 5) is 18.1. The summed E-state index contributed by atoms with van der Waals surface area (Å²) >= 11 is 0. The Morgan fingerprint density at radius 1 is 0.347 bits per heavy atom. The minimum absolute atomic E-state index is 0.588. The van der Waals surface area contributed by atoms with E-state index in [-0.39, 0.29) is 0 Å². The first kappa shape index (κ1) is 43.8. The zero-order valence-electron chi connectivity index (χ0n) is 41.0. The monoisotopic (exact) mass is 960 g/mol. The van der Waals surface area contributed by atoms with Crippen LogP contribution in [0, 0.1) is 0 Å². The Morgan fingerprint density at radius 3 is 1.36 bits per heavy atom. The van der Waals surface area contributed by atoms with Gasteiger partial charge in [-0.05, 0) is 108 Å². The number of para-hydroxylation sites is 3. The van der Waals surface area contributed by atoms with Crippen LogP contribution in [0.5, 0.6) is 0 Å². The molecule has 354 valence electrons. The molecule has 0 N–H and O–H groups in total. The summed E-state index contributed by atoms with van der Waals surface area (Å²) in [5.41, 5.74) is 18.3. The third-order valence-corrected chi connectivity index (χ3v) is 14.6. The molecule has 0 atom stereocenters. The highest BCUT2D eigenvalue weighted by molar-refractivity contribution is 6.09. The van der Waals surface area contributed by atoms with Crippen LogP contribution in [0.15, 0.2) is 261 Å². The molecule has 0 amide bonds. The van der Waals surface area contributed by atoms with E-state index >= 15 is 0 Å². The lowest BCUT2D eigenvalue weighted by Gasteiger charge is -2.31. The zero-order valence-corrected chi connectivity index (χ0v) is 41.0. The number of hydrogen-bond acceptors (Lipinski definition) is 4. The molecule has 14 rings (SSSR count).